The largest absolute Gasteiger partial charge is 0.348 e. The van der Waals surface area contributed by atoms with Crippen LogP contribution < -0.4 is 10.6 Å². The number of benzene rings is 2. The van der Waals surface area contributed by atoms with Crippen molar-refractivity contribution in [3.63, 3.8) is 0 Å². The van der Waals surface area contributed by atoms with E-state index in [-0.39, 0.29) is 24.5 Å². The van der Waals surface area contributed by atoms with Gasteiger partial charge in [-0.3, -0.25) is 10.1 Å². The van der Waals surface area contributed by atoms with Gasteiger partial charge in [0.15, 0.2) is 0 Å². The number of amides is 1. The first-order valence-electron chi connectivity index (χ1n) is 9.23. The van der Waals surface area contributed by atoms with Crippen molar-refractivity contribution in [2.75, 3.05) is 6.54 Å². The molecule has 1 heterocycles. The SMILES string of the molecule is Cc1ccc([C@H](C)NC(=O)CN[C@@H](c2ccccc2)c2cccs2)cc1C. The van der Waals surface area contributed by atoms with Crippen molar-refractivity contribution in [1.82, 2.24) is 10.6 Å². The van der Waals surface area contributed by atoms with E-state index >= 15 is 0 Å². The first-order valence-corrected chi connectivity index (χ1v) is 10.1. The summed E-state index contributed by atoms with van der Waals surface area (Å²) in [5, 5.41) is 8.58. The molecular weight excluding hydrogens is 352 g/mol. The minimum atomic E-state index is -0.0180. The second kappa shape index (κ2) is 8.98. The summed E-state index contributed by atoms with van der Waals surface area (Å²) in [5.41, 5.74) is 4.80. The summed E-state index contributed by atoms with van der Waals surface area (Å²) in [4.78, 5) is 13.7. The summed E-state index contributed by atoms with van der Waals surface area (Å²) in [6, 6.07) is 20.7. The molecule has 2 atom stereocenters. The van der Waals surface area contributed by atoms with Crippen molar-refractivity contribution in [2.24, 2.45) is 0 Å². The third kappa shape index (κ3) is 5.06. The molecule has 0 aliphatic carbocycles. The molecule has 2 aromatic carbocycles. The normalized spacial score (nSPS) is 13.1. The monoisotopic (exact) mass is 378 g/mol. The summed E-state index contributed by atoms with van der Waals surface area (Å²) in [6.45, 7) is 6.49. The minimum Gasteiger partial charge on any atom is -0.348 e. The van der Waals surface area contributed by atoms with Crippen LogP contribution in [0.2, 0.25) is 0 Å². The molecule has 3 nitrogen and oxygen atoms in total. The standard InChI is InChI=1S/C23H26N2OS/c1-16-11-12-20(14-17(16)2)18(3)25-22(26)15-24-23(21-10-7-13-27-21)19-8-5-4-6-9-19/h4-14,18,23-24H,15H2,1-3H3,(H,25,26)/t18-,23-/m0/s1. The number of rotatable bonds is 7. The number of hydrogen-bond donors (Lipinski definition) is 2. The molecular formula is C23H26N2OS. The van der Waals surface area contributed by atoms with E-state index in [1.807, 2.05) is 31.2 Å². The Morgan fingerprint density at radius 1 is 0.963 bits per heavy atom. The van der Waals surface area contributed by atoms with Crippen LogP contribution in [0.4, 0.5) is 0 Å². The van der Waals surface area contributed by atoms with E-state index in [0.717, 1.165) is 11.1 Å². The lowest BCUT2D eigenvalue weighted by Gasteiger charge is -2.20. The molecule has 1 amide bonds. The van der Waals surface area contributed by atoms with Crippen molar-refractivity contribution < 1.29 is 4.79 Å². The first kappa shape index (κ1) is 19.3. The molecule has 1 aromatic heterocycles. The van der Waals surface area contributed by atoms with Crippen LogP contribution in [-0.2, 0) is 4.79 Å². The van der Waals surface area contributed by atoms with Crippen molar-refractivity contribution >= 4 is 17.2 Å². The van der Waals surface area contributed by atoms with Crippen LogP contribution >= 0.6 is 11.3 Å². The minimum absolute atomic E-state index is 0.00165. The Hall–Kier alpha value is -2.43. The van der Waals surface area contributed by atoms with E-state index in [1.165, 1.54) is 16.0 Å². The second-order valence-electron chi connectivity index (χ2n) is 6.87. The van der Waals surface area contributed by atoms with Gasteiger partial charge in [-0.15, -0.1) is 11.3 Å². The molecule has 2 N–H and O–H groups in total. The predicted molar refractivity (Wildman–Crippen MR) is 113 cm³/mol. The lowest BCUT2D eigenvalue weighted by molar-refractivity contribution is -0.121. The van der Waals surface area contributed by atoms with Crippen LogP contribution in [0.15, 0.2) is 66.0 Å². The highest BCUT2D eigenvalue weighted by Gasteiger charge is 2.17. The van der Waals surface area contributed by atoms with Gasteiger partial charge in [-0.2, -0.15) is 0 Å². The number of aryl methyl sites for hydroxylation is 2. The summed E-state index contributed by atoms with van der Waals surface area (Å²) in [5.74, 6) is -0.00165. The highest BCUT2D eigenvalue weighted by Crippen LogP contribution is 2.25. The summed E-state index contributed by atoms with van der Waals surface area (Å²) < 4.78 is 0. The Bertz CT molecular complexity index is 875. The molecule has 4 heteroatoms. The number of carbonyl (C=O) groups excluding carboxylic acids is 1. The molecule has 27 heavy (non-hydrogen) atoms. The highest BCUT2D eigenvalue weighted by molar-refractivity contribution is 7.10. The lowest BCUT2D eigenvalue weighted by atomic mass is 10.0. The van der Waals surface area contributed by atoms with E-state index in [9.17, 15) is 4.79 Å². The van der Waals surface area contributed by atoms with Gasteiger partial charge in [-0.25, -0.2) is 0 Å². The molecule has 0 bridgehead atoms. The van der Waals surface area contributed by atoms with Gasteiger partial charge in [0, 0.05) is 4.88 Å². The van der Waals surface area contributed by atoms with Gasteiger partial charge in [0.05, 0.1) is 18.6 Å². The third-order valence-electron chi connectivity index (χ3n) is 4.84. The molecule has 0 radical (unpaired) electrons. The Morgan fingerprint density at radius 3 is 2.41 bits per heavy atom. The average Bonchev–Trinajstić information content (AvgIpc) is 3.19. The summed E-state index contributed by atoms with van der Waals surface area (Å²) in [7, 11) is 0. The van der Waals surface area contributed by atoms with Crippen molar-refractivity contribution in [2.45, 2.75) is 32.9 Å². The lowest BCUT2D eigenvalue weighted by Crippen LogP contribution is -2.37. The maximum absolute atomic E-state index is 12.5. The summed E-state index contributed by atoms with van der Waals surface area (Å²) in [6.07, 6.45) is 0. The smallest absolute Gasteiger partial charge is 0.234 e. The van der Waals surface area contributed by atoms with Gasteiger partial charge >= 0.3 is 0 Å². The van der Waals surface area contributed by atoms with E-state index < -0.39 is 0 Å². The van der Waals surface area contributed by atoms with Crippen LogP contribution in [0, 0.1) is 13.8 Å². The molecule has 3 aromatic rings. The zero-order chi connectivity index (χ0) is 19.2. The van der Waals surface area contributed by atoms with Gasteiger partial charge in [-0.1, -0.05) is 54.6 Å². The Labute approximate surface area is 165 Å². The Morgan fingerprint density at radius 2 is 1.74 bits per heavy atom. The van der Waals surface area contributed by atoms with Gasteiger partial charge in [0.1, 0.15) is 0 Å². The maximum Gasteiger partial charge on any atom is 0.234 e. The first-order chi connectivity index (χ1) is 13.0. The molecule has 0 unspecified atom stereocenters. The molecule has 0 fully saturated rings. The number of carbonyl (C=O) groups is 1. The molecule has 0 spiro atoms. The van der Waals surface area contributed by atoms with Crippen LogP contribution in [0.1, 0.15) is 46.1 Å². The Balaban J connectivity index is 1.63. The van der Waals surface area contributed by atoms with E-state index in [0.29, 0.717) is 0 Å². The Kier molecular flexibility index (Phi) is 6.43. The summed E-state index contributed by atoms with van der Waals surface area (Å²) >= 11 is 1.70. The predicted octanol–water partition coefficient (Wildman–Crippen LogP) is 4.92. The molecule has 0 aliphatic heterocycles. The van der Waals surface area contributed by atoms with Crippen molar-refractivity contribution in [3.8, 4) is 0 Å². The van der Waals surface area contributed by atoms with Gasteiger partial charge in [0.2, 0.25) is 5.91 Å². The third-order valence-corrected chi connectivity index (χ3v) is 5.77. The van der Waals surface area contributed by atoms with Crippen LogP contribution in [0.3, 0.4) is 0 Å². The zero-order valence-electron chi connectivity index (χ0n) is 16.0. The topological polar surface area (TPSA) is 41.1 Å². The zero-order valence-corrected chi connectivity index (χ0v) is 16.8. The fourth-order valence-corrected chi connectivity index (χ4v) is 3.92. The quantitative estimate of drug-likeness (QED) is 0.613. The van der Waals surface area contributed by atoms with Gasteiger partial charge < -0.3 is 5.32 Å². The number of thiophene rings is 1. The average molecular weight is 379 g/mol. The van der Waals surface area contributed by atoms with Gasteiger partial charge in [0.25, 0.3) is 0 Å². The number of hydrogen-bond acceptors (Lipinski definition) is 3. The highest BCUT2D eigenvalue weighted by atomic mass is 32.1. The molecule has 140 valence electrons. The number of nitrogens with one attached hydrogen (secondary N) is 2. The van der Waals surface area contributed by atoms with Gasteiger partial charge in [-0.05, 0) is 54.5 Å². The molecule has 3 rings (SSSR count). The molecule has 0 aliphatic rings. The van der Waals surface area contributed by atoms with Crippen LogP contribution in [-0.4, -0.2) is 12.5 Å². The second-order valence-corrected chi connectivity index (χ2v) is 7.85. The van der Waals surface area contributed by atoms with E-state index in [1.54, 1.807) is 11.3 Å². The molecule has 0 saturated heterocycles. The van der Waals surface area contributed by atoms with Crippen molar-refractivity contribution in [3.05, 3.63) is 93.2 Å². The molecule has 0 saturated carbocycles. The van der Waals surface area contributed by atoms with E-state index in [2.05, 4.69) is 66.3 Å². The maximum atomic E-state index is 12.5. The van der Waals surface area contributed by atoms with Crippen molar-refractivity contribution in [1.29, 1.82) is 0 Å². The fourth-order valence-electron chi connectivity index (χ4n) is 3.09. The van der Waals surface area contributed by atoms with Crippen LogP contribution in [0.25, 0.3) is 0 Å². The fraction of sp³-hybridized carbons (Fsp3) is 0.261. The van der Waals surface area contributed by atoms with E-state index in [4.69, 9.17) is 0 Å². The van der Waals surface area contributed by atoms with Crippen LogP contribution in [0.5, 0.6) is 0 Å².